The van der Waals surface area contributed by atoms with Crippen LogP contribution in [0.5, 0.6) is 0 Å². The molecule has 0 saturated heterocycles. The molecule has 0 aromatic carbocycles. The Balaban J connectivity index is 1.47. The fourth-order valence-corrected chi connectivity index (χ4v) is 5.85. The minimum Gasteiger partial charge on any atom is -0.311 e. The smallest absolute Gasteiger partial charge is 0.0305 e. The number of hydrogen-bond acceptors (Lipinski definition) is 2. The van der Waals surface area contributed by atoms with E-state index in [0.717, 1.165) is 29.8 Å². The molecule has 6 rings (SSSR count). The van der Waals surface area contributed by atoms with Gasteiger partial charge in [-0.2, -0.15) is 0 Å². The summed E-state index contributed by atoms with van der Waals surface area (Å²) in [4.78, 5) is 4.40. The maximum atomic E-state index is 4.40. The quantitative estimate of drug-likeness (QED) is 0.910. The van der Waals surface area contributed by atoms with Crippen LogP contribution < -0.4 is 5.32 Å². The van der Waals surface area contributed by atoms with E-state index < -0.39 is 0 Å². The molecule has 1 N–H and O–H groups in total. The van der Waals surface area contributed by atoms with Gasteiger partial charge in [0.25, 0.3) is 0 Å². The average Bonchev–Trinajstić information content (AvgIpc) is 3.27. The molecule has 1 aromatic heterocycles. The summed E-state index contributed by atoms with van der Waals surface area (Å²) in [6, 6.07) is 6.17. The second-order valence-electron chi connectivity index (χ2n) is 7.96. The third-order valence-electron chi connectivity index (χ3n) is 6.55. The highest BCUT2D eigenvalue weighted by Crippen LogP contribution is 2.60. The number of aromatic nitrogens is 1. The Kier molecular flexibility index (Phi) is 2.39. The zero-order valence-electron chi connectivity index (χ0n) is 12.1. The monoisotopic (exact) mass is 268 g/mol. The summed E-state index contributed by atoms with van der Waals surface area (Å²) in [5.74, 6) is 2.86. The summed E-state index contributed by atoms with van der Waals surface area (Å²) in [5.41, 5.74) is 2.01. The van der Waals surface area contributed by atoms with E-state index in [2.05, 4.69) is 28.6 Å². The molecule has 2 atom stereocenters. The van der Waals surface area contributed by atoms with E-state index in [1.807, 2.05) is 6.20 Å². The van der Waals surface area contributed by atoms with Crippen molar-refractivity contribution in [3.63, 3.8) is 0 Å². The van der Waals surface area contributed by atoms with Crippen LogP contribution in [0.3, 0.4) is 0 Å². The molecule has 4 bridgehead atoms. The summed E-state index contributed by atoms with van der Waals surface area (Å²) in [5, 5.41) is 3.99. The zero-order chi connectivity index (χ0) is 13.2. The molecule has 5 aliphatic carbocycles. The van der Waals surface area contributed by atoms with Gasteiger partial charge in [-0.1, -0.05) is 6.07 Å². The highest BCUT2D eigenvalue weighted by atomic mass is 15.0. The summed E-state index contributed by atoms with van der Waals surface area (Å²) in [6.07, 6.45) is 14.2. The summed E-state index contributed by atoms with van der Waals surface area (Å²) >= 11 is 0. The van der Waals surface area contributed by atoms with E-state index in [1.54, 1.807) is 0 Å². The second-order valence-corrected chi connectivity index (χ2v) is 7.96. The van der Waals surface area contributed by atoms with Gasteiger partial charge in [-0.15, -0.1) is 0 Å². The molecule has 2 nitrogen and oxygen atoms in total. The molecule has 5 fully saturated rings. The van der Waals surface area contributed by atoms with Crippen LogP contribution in [0.1, 0.15) is 50.5 Å². The van der Waals surface area contributed by atoms with Crippen molar-refractivity contribution in [1.82, 2.24) is 10.3 Å². The van der Waals surface area contributed by atoms with Crippen molar-refractivity contribution in [2.45, 2.75) is 62.4 Å². The summed E-state index contributed by atoms with van der Waals surface area (Å²) < 4.78 is 0. The first-order chi connectivity index (χ1) is 9.82. The van der Waals surface area contributed by atoms with Gasteiger partial charge in [0.1, 0.15) is 0 Å². The Hall–Kier alpha value is -0.890. The molecule has 0 radical (unpaired) electrons. The van der Waals surface area contributed by atoms with Crippen LogP contribution in [0, 0.1) is 17.8 Å². The SMILES string of the molecule is c1cncc(C23CC4CC(C2)C(NC2CC2)C(C4)C3)c1. The van der Waals surface area contributed by atoms with Crippen molar-refractivity contribution < 1.29 is 0 Å². The van der Waals surface area contributed by atoms with Crippen LogP contribution in [-0.4, -0.2) is 17.1 Å². The summed E-state index contributed by atoms with van der Waals surface area (Å²) in [7, 11) is 0. The Labute approximate surface area is 121 Å². The number of nitrogens with zero attached hydrogens (tertiary/aromatic N) is 1. The zero-order valence-corrected chi connectivity index (χ0v) is 12.1. The maximum absolute atomic E-state index is 4.40. The predicted octanol–water partition coefficient (Wildman–Crippen LogP) is 3.28. The highest BCUT2D eigenvalue weighted by molar-refractivity contribution is 5.28. The molecule has 20 heavy (non-hydrogen) atoms. The van der Waals surface area contributed by atoms with Gasteiger partial charge < -0.3 is 5.32 Å². The topological polar surface area (TPSA) is 24.9 Å². The molecule has 1 heterocycles. The maximum Gasteiger partial charge on any atom is 0.0305 e. The van der Waals surface area contributed by atoms with Crippen LogP contribution >= 0.6 is 0 Å². The van der Waals surface area contributed by atoms with E-state index in [-0.39, 0.29) is 0 Å². The lowest BCUT2D eigenvalue weighted by Crippen LogP contribution is -2.60. The van der Waals surface area contributed by atoms with Gasteiger partial charge in [-0.3, -0.25) is 4.98 Å². The van der Waals surface area contributed by atoms with Gasteiger partial charge in [0, 0.05) is 24.5 Å². The Morgan fingerprint density at radius 2 is 1.90 bits per heavy atom. The van der Waals surface area contributed by atoms with Gasteiger partial charge in [0.05, 0.1) is 0 Å². The molecule has 2 heteroatoms. The lowest BCUT2D eigenvalue weighted by atomic mass is 9.46. The minimum atomic E-state index is 0.479. The highest BCUT2D eigenvalue weighted by Gasteiger charge is 2.56. The van der Waals surface area contributed by atoms with E-state index in [9.17, 15) is 0 Å². The molecule has 106 valence electrons. The molecular formula is C18H24N2. The van der Waals surface area contributed by atoms with E-state index in [4.69, 9.17) is 0 Å². The van der Waals surface area contributed by atoms with Crippen molar-refractivity contribution in [2.24, 2.45) is 17.8 Å². The second kappa shape index (κ2) is 4.07. The van der Waals surface area contributed by atoms with Gasteiger partial charge >= 0.3 is 0 Å². The van der Waals surface area contributed by atoms with Crippen LogP contribution in [0.2, 0.25) is 0 Å². The van der Waals surface area contributed by atoms with E-state index >= 15 is 0 Å². The van der Waals surface area contributed by atoms with Crippen LogP contribution in [0.4, 0.5) is 0 Å². The van der Waals surface area contributed by atoms with Crippen molar-refractivity contribution in [3.05, 3.63) is 30.1 Å². The molecule has 5 aliphatic rings. The number of rotatable bonds is 3. The van der Waals surface area contributed by atoms with Crippen molar-refractivity contribution in [2.75, 3.05) is 0 Å². The van der Waals surface area contributed by atoms with Crippen molar-refractivity contribution >= 4 is 0 Å². The lowest BCUT2D eigenvalue weighted by molar-refractivity contribution is -0.0356. The Morgan fingerprint density at radius 1 is 1.10 bits per heavy atom. The number of pyridine rings is 1. The van der Waals surface area contributed by atoms with E-state index in [0.29, 0.717) is 5.41 Å². The lowest BCUT2D eigenvalue weighted by Gasteiger charge is -2.60. The Morgan fingerprint density at radius 3 is 2.55 bits per heavy atom. The van der Waals surface area contributed by atoms with Crippen molar-refractivity contribution in [1.29, 1.82) is 0 Å². The van der Waals surface area contributed by atoms with Gasteiger partial charge in [0.2, 0.25) is 0 Å². The average molecular weight is 268 g/mol. The van der Waals surface area contributed by atoms with Gasteiger partial charge in [0.15, 0.2) is 0 Å². The molecule has 0 spiro atoms. The van der Waals surface area contributed by atoms with Crippen LogP contribution in [0.15, 0.2) is 24.5 Å². The minimum absolute atomic E-state index is 0.479. The van der Waals surface area contributed by atoms with Gasteiger partial charge in [-0.05, 0) is 79.7 Å². The summed E-state index contributed by atoms with van der Waals surface area (Å²) in [6.45, 7) is 0. The normalized spacial score (nSPS) is 45.8. The van der Waals surface area contributed by atoms with E-state index in [1.165, 1.54) is 50.5 Å². The molecule has 0 aliphatic heterocycles. The Bertz CT molecular complexity index is 491. The number of nitrogens with one attached hydrogen (secondary N) is 1. The van der Waals surface area contributed by atoms with Crippen LogP contribution in [-0.2, 0) is 5.41 Å². The first-order valence-corrected chi connectivity index (χ1v) is 8.49. The van der Waals surface area contributed by atoms with Crippen LogP contribution in [0.25, 0.3) is 0 Å². The molecule has 1 aromatic rings. The first kappa shape index (κ1) is 11.7. The molecule has 5 saturated carbocycles. The number of hydrogen-bond donors (Lipinski definition) is 1. The first-order valence-electron chi connectivity index (χ1n) is 8.49. The third-order valence-corrected chi connectivity index (χ3v) is 6.55. The fourth-order valence-electron chi connectivity index (χ4n) is 5.85. The van der Waals surface area contributed by atoms with Crippen molar-refractivity contribution in [3.8, 4) is 0 Å². The standard InChI is InChI=1S/C18H24N2/c1-2-15(11-19-5-1)18-8-12-6-13(9-18)17(14(7-12)10-18)20-16-3-4-16/h1-2,5,11-14,16-17,20H,3-4,6-10H2. The molecule has 0 amide bonds. The predicted molar refractivity (Wildman–Crippen MR) is 79.4 cm³/mol. The fraction of sp³-hybridized carbons (Fsp3) is 0.722. The third kappa shape index (κ3) is 1.70. The molecule has 2 unspecified atom stereocenters. The largest absolute Gasteiger partial charge is 0.311 e. The molecular weight excluding hydrogens is 244 g/mol. The van der Waals surface area contributed by atoms with Gasteiger partial charge in [-0.25, -0.2) is 0 Å².